The van der Waals surface area contributed by atoms with Gasteiger partial charge in [-0.25, -0.2) is 0 Å². The minimum atomic E-state index is -0.105. The van der Waals surface area contributed by atoms with E-state index in [1.807, 2.05) is 0 Å². The second-order valence-electron chi connectivity index (χ2n) is 3.69. The lowest BCUT2D eigenvalue weighted by Gasteiger charge is -2.26. The Morgan fingerprint density at radius 1 is 1.62 bits per heavy atom. The van der Waals surface area contributed by atoms with Gasteiger partial charge in [0.1, 0.15) is 0 Å². The SMILES string of the molecule is CCN(C(C)CC(=O)OC)C1CC1. The summed E-state index contributed by atoms with van der Waals surface area (Å²) >= 11 is 0. The van der Waals surface area contributed by atoms with Crippen LogP contribution in [0.3, 0.4) is 0 Å². The standard InChI is InChI=1S/C10H19NO2/c1-4-11(9-5-6-9)8(2)7-10(12)13-3/h8-9H,4-7H2,1-3H3. The van der Waals surface area contributed by atoms with Crippen molar-refractivity contribution in [1.29, 1.82) is 0 Å². The molecule has 1 saturated carbocycles. The fraction of sp³-hybridized carbons (Fsp3) is 0.900. The van der Waals surface area contributed by atoms with E-state index in [0.717, 1.165) is 12.6 Å². The predicted octanol–water partition coefficient (Wildman–Crippen LogP) is 1.42. The van der Waals surface area contributed by atoms with E-state index in [1.165, 1.54) is 20.0 Å². The van der Waals surface area contributed by atoms with E-state index in [4.69, 9.17) is 0 Å². The zero-order chi connectivity index (χ0) is 9.84. The monoisotopic (exact) mass is 185 g/mol. The van der Waals surface area contributed by atoms with Crippen LogP contribution in [0.5, 0.6) is 0 Å². The Hall–Kier alpha value is -0.570. The smallest absolute Gasteiger partial charge is 0.307 e. The van der Waals surface area contributed by atoms with Gasteiger partial charge in [-0.15, -0.1) is 0 Å². The summed E-state index contributed by atoms with van der Waals surface area (Å²) in [5, 5.41) is 0. The van der Waals surface area contributed by atoms with Crippen LogP contribution in [0.4, 0.5) is 0 Å². The Balaban J connectivity index is 2.34. The summed E-state index contributed by atoms with van der Waals surface area (Å²) < 4.78 is 4.65. The molecule has 0 bridgehead atoms. The number of ether oxygens (including phenoxy) is 1. The summed E-state index contributed by atoms with van der Waals surface area (Å²) in [7, 11) is 1.45. The molecule has 1 rings (SSSR count). The van der Waals surface area contributed by atoms with Gasteiger partial charge in [-0.05, 0) is 26.3 Å². The number of esters is 1. The molecule has 13 heavy (non-hydrogen) atoms. The van der Waals surface area contributed by atoms with Crippen LogP contribution < -0.4 is 0 Å². The van der Waals surface area contributed by atoms with Gasteiger partial charge in [-0.3, -0.25) is 9.69 Å². The zero-order valence-corrected chi connectivity index (χ0v) is 8.75. The molecular weight excluding hydrogens is 166 g/mol. The fourth-order valence-electron chi connectivity index (χ4n) is 1.78. The first-order valence-electron chi connectivity index (χ1n) is 5.01. The molecule has 0 saturated heterocycles. The molecule has 3 nitrogen and oxygen atoms in total. The van der Waals surface area contributed by atoms with E-state index < -0.39 is 0 Å². The minimum absolute atomic E-state index is 0.105. The summed E-state index contributed by atoms with van der Waals surface area (Å²) in [6.45, 7) is 5.27. The molecule has 0 N–H and O–H groups in total. The van der Waals surface area contributed by atoms with Crippen molar-refractivity contribution in [3.8, 4) is 0 Å². The molecule has 0 aliphatic heterocycles. The third-order valence-electron chi connectivity index (χ3n) is 2.64. The first kappa shape index (κ1) is 10.5. The average Bonchev–Trinajstić information content (AvgIpc) is 2.89. The van der Waals surface area contributed by atoms with Crippen LogP contribution >= 0.6 is 0 Å². The van der Waals surface area contributed by atoms with Crippen LogP contribution in [0, 0.1) is 0 Å². The normalized spacial score (nSPS) is 18.8. The lowest BCUT2D eigenvalue weighted by molar-refractivity contribution is -0.141. The highest BCUT2D eigenvalue weighted by Gasteiger charge is 2.31. The first-order valence-corrected chi connectivity index (χ1v) is 5.01. The molecule has 0 aromatic rings. The summed E-state index contributed by atoms with van der Waals surface area (Å²) in [6, 6.07) is 1.05. The topological polar surface area (TPSA) is 29.5 Å². The van der Waals surface area contributed by atoms with Crippen LogP contribution in [0.1, 0.15) is 33.1 Å². The Bertz CT molecular complexity index is 178. The van der Waals surface area contributed by atoms with E-state index in [9.17, 15) is 4.79 Å². The van der Waals surface area contributed by atoms with Gasteiger partial charge in [0.15, 0.2) is 0 Å². The van der Waals surface area contributed by atoms with Gasteiger partial charge in [0.25, 0.3) is 0 Å². The molecule has 0 amide bonds. The lowest BCUT2D eigenvalue weighted by atomic mass is 10.2. The van der Waals surface area contributed by atoms with Crippen molar-refractivity contribution >= 4 is 5.97 Å². The number of hydrogen-bond acceptors (Lipinski definition) is 3. The summed E-state index contributed by atoms with van der Waals surface area (Å²) in [6.07, 6.45) is 3.10. The minimum Gasteiger partial charge on any atom is -0.469 e. The third kappa shape index (κ3) is 2.99. The first-order chi connectivity index (χ1) is 6.19. The van der Waals surface area contributed by atoms with E-state index in [2.05, 4.69) is 23.5 Å². The Morgan fingerprint density at radius 3 is 2.62 bits per heavy atom. The second kappa shape index (κ2) is 4.61. The van der Waals surface area contributed by atoms with Gasteiger partial charge in [-0.1, -0.05) is 6.92 Å². The number of methoxy groups -OCH3 is 1. The number of nitrogens with zero attached hydrogens (tertiary/aromatic N) is 1. The molecule has 1 fully saturated rings. The maximum atomic E-state index is 11.0. The van der Waals surface area contributed by atoms with E-state index in [-0.39, 0.29) is 5.97 Å². The van der Waals surface area contributed by atoms with Crippen molar-refractivity contribution in [3.05, 3.63) is 0 Å². The fourth-order valence-corrected chi connectivity index (χ4v) is 1.78. The average molecular weight is 185 g/mol. The molecule has 3 heteroatoms. The molecule has 0 radical (unpaired) electrons. The number of carbonyl (C=O) groups excluding carboxylic acids is 1. The van der Waals surface area contributed by atoms with Crippen molar-refractivity contribution in [3.63, 3.8) is 0 Å². The van der Waals surface area contributed by atoms with Crippen LogP contribution in [-0.4, -0.2) is 36.6 Å². The quantitative estimate of drug-likeness (QED) is 0.607. The summed E-state index contributed by atoms with van der Waals surface area (Å²) in [5.41, 5.74) is 0. The van der Waals surface area contributed by atoms with Crippen molar-refractivity contribution in [2.45, 2.75) is 45.2 Å². The van der Waals surface area contributed by atoms with E-state index in [0.29, 0.717) is 12.5 Å². The molecule has 0 aromatic carbocycles. The highest BCUT2D eigenvalue weighted by Crippen LogP contribution is 2.28. The third-order valence-corrected chi connectivity index (χ3v) is 2.64. The zero-order valence-electron chi connectivity index (χ0n) is 8.75. The van der Waals surface area contributed by atoms with Crippen molar-refractivity contribution < 1.29 is 9.53 Å². The van der Waals surface area contributed by atoms with Crippen LogP contribution in [-0.2, 0) is 9.53 Å². The molecule has 1 atom stereocenters. The largest absolute Gasteiger partial charge is 0.469 e. The number of hydrogen-bond donors (Lipinski definition) is 0. The molecule has 1 aliphatic rings. The van der Waals surface area contributed by atoms with Crippen LogP contribution in [0.2, 0.25) is 0 Å². The van der Waals surface area contributed by atoms with Gasteiger partial charge in [-0.2, -0.15) is 0 Å². The lowest BCUT2D eigenvalue weighted by Crippen LogP contribution is -2.36. The van der Waals surface area contributed by atoms with Gasteiger partial charge >= 0.3 is 5.97 Å². The Morgan fingerprint density at radius 2 is 2.23 bits per heavy atom. The van der Waals surface area contributed by atoms with Crippen LogP contribution in [0.25, 0.3) is 0 Å². The highest BCUT2D eigenvalue weighted by molar-refractivity contribution is 5.69. The molecule has 0 aromatic heterocycles. The van der Waals surface area contributed by atoms with Crippen molar-refractivity contribution in [2.75, 3.05) is 13.7 Å². The van der Waals surface area contributed by atoms with Gasteiger partial charge in [0.05, 0.1) is 13.5 Å². The number of rotatable bonds is 5. The van der Waals surface area contributed by atoms with E-state index >= 15 is 0 Å². The van der Waals surface area contributed by atoms with Crippen molar-refractivity contribution in [1.82, 2.24) is 4.90 Å². The summed E-state index contributed by atoms with van der Waals surface area (Å²) in [5.74, 6) is -0.105. The molecule has 0 spiro atoms. The van der Waals surface area contributed by atoms with Crippen LogP contribution in [0.15, 0.2) is 0 Å². The van der Waals surface area contributed by atoms with Gasteiger partial charge in [0, 0.05) is 12.1 Å². The predicted molar refractivity (Wildman–Crippen MR) is 51.5 cm³/mol. The van der Waals surface area contributed by atoms with Gasteiger partial charge < -0.3 is 4.74 Å². The van der Waals surface area contributed by atoms with Crippen molar-refractivity contribution in [2.24, 2.45) is 0 Å². The molecule has 0 heterocycles. The Labute approximate surface area is 80.1 Å². The maximum Gasteiger partial charge on any atom is 0.307 e. The Kier molecular flexibility index (Phi) is 3.72. The van der Waals surface area contributed by atoms with Gasteiger partial charge in [0.2, 0.25) is 0 Å². The maximum absolute atomic E-state index is 11.0. The molecular formula is C10H19NO2. The molecule has 1 unspecified atom stereocenters. The van der Waals surface area contributed by atoms with E-state index in [1.54, 1.807) is 0 Å². The molecule has 1 aliphatic carbocycles. The highest BCUT2D eigenvalue weighted by atomic mass is 16.5. The molecule has 76 valence electrons. The summed E-state index contributed by atoms with van der Waals surface area (Å²) in [4.78, 5) is 13.4. The second-order valence-corrected chi connectivity index (χ2v) is 3.69. The number of carbonyl (C=O) groups is 1.